The summed E-state index contributed by atoms with van der Waals surface area (Å²) in [6.07, 6.45) is 1.62. The van der Waals surface area contributed by atoms with Crippen molar-refractivity contribution < 1.29 is 9.66 Å². The number of non-ortho nitro benzene ring substituents is 1. The summed E-state index contributed by atoms with van der Waals surface area (Å²) < 4.78 is 5.45. The van der Waals surface area contributed by atoms with Crippen LogP contribution >= 0.6 is 0 Å². The number of aliphatic imine (C=N–C) groups is 1. The summed E-state index contributed by atoms with van der Waals surface area (Å²) in [6.45, 7) is 2.43. The van der Waals surface area contributed by atoms with E-state index in [4.69, 9.17) is 4.74 Å². The van der Waals surface area contributed by atoms with E-state index >= 15 is 0 Å². The Kier molecular flexibility index (Phi) is 2.37. The third kappa shape index (κ3) is 1.96. The molecule has 1 aromatic rings. The Morgan fingerprint density at radius 1 is 1.60 bits per heavy atom. The zero-order chi connectivity index (χ0) is 10.8. The molecular formula is C10H10N2O3. The number of hydrogen-bond acceptors (Lipinski definition) is 4. The van der Waals surface area contributed by atoms with Gasteiger partial charge in [0.05, 0.1) is 11.0 Å². The van der Waals surface area contributed by atoms with Crippen LogP contribution in [0.4, 0.5) is 5.69 Å². The third-order valence-corrected chi connectivity index (χ3v) is 2.15. The van der Waals surface area contributed by atoms with Crippen molar-refractivity contribution in [3.8, 4) is 5.75 Å². The highest BCUT2D eigenvalue weighted by Gasteiger charge is 2.13. The van der Waals surface area contributed by atoms with E-state index in [2.05, 4.69) is 4.99 Å². The van der Waals surface area contributed by atoms with Gasteiger partial charge in [0.1, 0.15) is 12.4 Å². The SMILES string of the molecule is C[C@H]1COc2ccc([N+](=O)[O-])cc2C=N1. The molecule has 0 N–H and O–H groups in total. The van der Waals surface area contributed by atoms with Gasteiger partial charge >= 0.3 is 0 Å². The van der Waals surface area contributed by atoms with Crippen molar-refractivity contribution in [1.82, 2.24) is 0 Å². The second-order valence-corrected chi connectivity index (χ2v) is 3.42. The maximum Gasteiger partial charge on any atom is 0.270 e. The highest BCUT2D eigenvalue weighted by molar-refractivity contribution is 5.85. The lowest BCUT2D eigenvalue weighted by Crippen LogP contribution is -2.09. The standard InChI is InChI=1S/C10H10N2O3/c1-7-6-15-10-3-2-9(12(13)14)4-8(10)5-11-7/h2-5,7H,6H2,1H3/t7-/m0/s1. The zero-order valence-electron chi connectivity index (χ0n) is 8.21. The molecule has 0 amide bonds. The topological polar surface area (TPSA) is 64.7 Å². The van der Waals surface area contributed by atoms with E-state index in [9.17, 15) is 10.1 Å². The number of nitro benzene ring substituents is 1. The molecule has 5 nitrogen and oxygen atoms in total. The maximum absolute atomic E-state index is 10.6. The van der Waals surface area contributed by atoms with Gasteiger partial charge in [-0.3, -0.25) is 15.1 Å². The second-order valence-electron chi connectivity index (χ2n) is 3.42. The van der Waals surface area contributed by atoms with E-state index in [-0.39, 0.29) is 11.7 Å². The molecule has 0 fully saturated rings. The van der Waals surface area contributed by atoms with E-state index < -0.39 is 4.92 Å². The van der Waals surface area contributed by atoms with Crippen LogP contribution in [0.2, 0.25) is 0 Å². The molecule has 2 rings (SSSR count). The summed E-state index contributed by atoms with van der Waals surface area (Å²) in [5, 5.41) is 10.6. The number of nitro groups is 1. The van der Waals surface area contributed by atoms with Crippen LogP contribution in [0.25, 0.3) is 0 Å². The smallest absolute Gasteiger partial charge is 0.270 e. The van der Waals surface area contributed by atoms with Gasteiger partial charge in [-0.1, -0.05) is 0 Å². The molecule has 0 spiro atoms. The number of rotatable bonds is 1. The van der Waals surface area contributed by atoms with E-state index in [1.807, 2.05) is 6.92 Å². The van der Waals surface area contributed by atoms with Crippen LogP contribution in [-0.4, -0.2) is 23.8 Å². The first-order valence-electron chi connectivity index (χ1n) is 4.61. The number of hydrogen-bond donors (Lipinski definition) is 0. The average molecular weight is 206 g/mol. The highest BCUT2D eigenvalue weighted by atomic mass is 16.6. The molecule has 0 saturated heterocycles. The minimum absolute atomic E-state index is 0.0540. The van der Waals surface area contributed by atoms with Crippen molar-refractivity contribution in [2.24, 2.45) is 4.99 Å². The van der Waals surface area contributed by atoms with Crippen molar-refractivity contribution in [3.05, 3.63) is 33.9 Å². The van der Waals surface area contributed by atoms with Crippen molar-refractivity contribution >= 4 is 11.9 Å². The lowest BCUT2D eigenvalue weighted by molar-refractivity contribution is -0.384. The molecule has 15 heavy (non-hydrogen) atoms. The Labute approximate surface area is 86.5 Å². The molecule has 0 unspecified atom stereocenters. The summed E-state index contributed by atoms with van der Waals surface area (Å²) in [7, 11) is 0. The first-order chi connectivity index (χ1) is 7.16. The Morgan fingerprint density at radius 3 is 3.13 bits per heavy atom. The van der Waals surface area contributed by atoms with E-state index in [0.717, 1.165) is 0 Å². The quantitative estimate of drug-likeness (QED) is 0.519. The lowest BCUT2D eigenvalue weighted by Gasteiger charge is -2.06. The van der Waals surface area contributed by atoms with Gasteiger partial charge in [0.2, 0.25) is 0 Å². The summed E-state index contributed by atoms with van der Waals surface area (Å²) in [5.41, 5.74) is 0.715. The molecule has 0 aliphatic carbocycles. The molecular weight excluding hydrogens is 196 g/mol. The summed E-state index contributed by atoms with van der Waals surface area (Å²) in [4.78, 5) is 14.3. The van der Waals surface area contributed by atoms with Gasteiger partial charge in [-0.2, -0.15) is 0 Å². The molecule has 0 radical (unpaired) electrons. The number of nitrogens with zero attached hydrogens (tertiary/aromatic N) is 2. The molecule has 78 valence electrons. The van der Waals surface area contributed by atoms with Gasteiger partial charge in [-0.25, -0.2) is 0 Å². The Morgan fingerprint density at radius 2 is 2.40 bits per heavy atom. The van der Waals surface area contributed by atoms with E-state index in [0.29, 0.717) is 17.9 Å². The molecule has 0 saturated carbocycles. The van der Waals surface area contributed by atoms with Crippen LogP contribution in [0.1, 0.15) is 12.5 Å². The first-order valence-corrected chi connectivity index (χ1v) is 4.61. The molecule has 1 atom stereocenters. The fourth-order valence-corrected chi connectivity index (χ4v) is 1.34. The predicted octanol–water partition coefficient (Wildman–Crippen LogP) is 1.79. The van der Waals surface area contributed by atoms with Crippen LogP contribution in [0.3, 0.4) is 0 Å². The minimum Gasteiger partial charge on any atom is -0.491 e. The van der Waals surface area contributed by atoms with Crippen molar-refractivity contribution in [2.75, 3.05) is 6.61 Å². The van der Waals surface area contributed by atoms with Crippen LogP contribution in [-0.2, 0) is 0 Å². The molecule has 1 heterocycles. The van der Waals surface area contributed by atoms with E-state index in [1.165, 1.54) is 12.1 Å². The largest absolute Gasteiger partial charge is 0.491 e. The van der Waals surface area contributed by atoms with Crippen LogP contribution in [0.5, 0.6) is 5.75 Å². The number of ether oxygens (including phenoxy) is 1. The first kappa shape index (κ1) is 9.64. The minimum atomic E-state index is -0.428. The molecule has 0 aromatic heterocycles. The maximum atomic E-state index is 10.6. The third-order valence-electron chi connectivity index (χ3n) is 2.15. The summed E-state index contributed by atoms with van der Waals surface area (Å²) in [6, 6.07) is 4.59. The predicted molar refractivity (Wildman–Crippen MR) is 55.6 cm³/mol. The van der Waals surface area contributed by atoms with Crippen molar-refractivity contribution in [3.63, 3.8) is 0 Å². The van der Waals surface area contributed by atoms with Crippen LogP contribution in [0.15, 0.2) is 23.2 Å². The van der Waals surface area contributed by atoms with Gasteiger partial charge in [0.15, 0.2) is 0 Å². The van der Waals surface area contributed by atoms with Crippen LogP contribution in [0, 0.1) is 10.1 Å². The number of benzene rings is 1. The molecule has 1 aliphatic rings. The summed E-state index contributed by atoms with van der Waals surface area (Å²) >= 11 is 0. The average Bonchev–Trinajstić information content (AvgIpc) is 2.40. The fraction of sp³-hybridized carbons (Fsp3) is 0.300. The van der Waals surface area contributed by atoms with Gasteiger partial charge in [-0.05, 0) is 13.0 Å². The highest BCUT2D eigenvalue weighted by Crippen LogP contribution is 2.24. The van der Waals surface area contributed by atoms with Crippen molar-refractivity contribution in [2.45, 2.75) is 13.0 Å². The van der Waals surface area contributed by atoms with E-state index in [1.54, 1.807) is 12.3 Å². The summed E-state index contributed by atoms with van der Waals surface area (Å²) in [5.74, 6) is 0.647. The van der Waals surface area contributed by atoms with Gasteiger partial charge in [-0.15, -0.1) is 0 Å². The Bertz CT molecular complexity index is 429. The fourth-order valence-electron chi connectivity index (χ4n) is 1.34. The second kappa shape index (κ2) is 3.68. The van der Waals surface area contributed by atoms with Gasteiger partial charge < -0.3 is 4.74 Å². The van der Waals surface area contributed by atoms with Crippen molar-refractivity contribution in [1.29, 1.82) is 0 Å². The molecule has 1 aromatic carbocycles. The van der Waals surface area contributed by atoms with Gasteiger partial charge in [0, 0.05) is 23.9 Å². The zero-order valence-corrected chi connectivity index (χ0v) is 8.21. The van der Waals surface area contributed by atoms with Gasteiger partial charge in [0.25, 0.3) is 5.69 Å². The molecule has 0 bridgehead atoms. The number of fused-ring (bicyclic) bond motifs is 1. The van der Waals surface area contributed by atoms with Crippen LogP contribution < -0.4 is 4.74 Å². The Balaban J connectivity index is 2.42. The molecule has 1 aliphatic heterocycles. The Hall–Kier alpha value is -1.91. The normalized spacial score (nSPS) is 18.9. The monoisotopic (exact) mass is 206 g/mol. The lowest BCUT2D eigenvalue weighted by atomic mass is 10.2. The molecule has 5 heteroatoms.